The molecule has 0 heterocycles. The summed E-state index contributed by atoms with van der Waals surface area (Å²) in [4.78, 5) is 26.3. The molecule has 1 aromatic rings. The van der Waals surface area contributed by atoms with Crippen LogP contribution >= 0.6 is 24.8 Å². The minimum absolute atomic E-state index is 0. The average molecular weight is 419 g/mol. The van der Waals surface area contributed by atoms with Crippen LogP contribution in [0.4, 0.5) is 0 Å². The maximum absolute atomic E-state index is 12.2. The Labute approximate surface area is 174 Å². The molecular formula is C19H32Cl2N4O2. The zero-order valence-corrected chi connectivity index (χ0v) is 17.7. The van der Waals surface area contributed by atoms with Crippen molar-refractivity contribution < 1.29 is 9.59 Å². The Kier molecular flexibility index (Phi) is 12.3. The van der Waals surface area contributed by atoms with E-state index < -0.39 is 0 Å². The van der Waals surface area contributed by atoms with Gasteiger partial charge in [-0.05, 0) is 51.1 Å². The summed E-state index contributed by atoms with van der Waals surface area (Å²) in [6, 6.07) is 7.50. The SMILES string of the molecule is CN(C)CCNC(=O)c1ccc(CNC(=O)C2CCCC(N)C2)cc1.Cl.Cl. The lowest BCUT2D eigenvalue weighted by atomic mass is 9.85. The van der Waals surface area contributed by atoms with Gasteiger partial charge < -0.3 is 21.3 Å². The van der Waals surface area contributed by atoms with Gasteiger partial charge in [-0.2, -0.15) is 0 Å². The lowest BCUT2D eigenvalue weighted by Gasteiger charge is -2.25. The Morgan fingerprint density at radius 3 is 2.37 bits per heavy atom. The Balaban J connectivity index is 0.00000338. The number of hydrogen-bond acceptors (Lipinski definition) is 4. The third-order valence-electron chi connectivity index (χ3n) is 4.61. The first-order chi connectivity index (χ1) is 12.0. The van der Waals surface area contributed by atoms with E-state index in [-0.39, 0.29) is 48.6 Å². The molecule has 0 bridgehead atoms. The smallest absolute Gasteiger partial charge is 0.251 e. The molecule has 2 rings (SSSR count). The van der Waals surface area contributed by atoms with E-state index in [1.807, 2.05) is 31.1 Å². The normalized spacial score (nSPS) is 18.8. The van der Waals surface area contributed by atoms with Crippen molar-refractivity contribution in [2.75, 3.05) is 27.2 Å². The van der Waals surface area contributed by atoms with Crippen molar-refractivity contribution >= 4 is 36.6 Å². The van der Waals surface area contributed by atoms with E-state index in [0.29, 0.717) is 18.7 Å². The van der Waals surface area contributed by atoms with Crippen LogP contribution in [0.15, 0.2) is 24.3 Å². The van der Waals surface area contributed by atoms with Crippen LogP contribution < -0.4 is 16.4 Å². The van der Waals surface area contributed by atoms with Crippen molar-refractivity contribution in [3.63, 3.8) is 0 Å². The molecule has 0 spiro atoms. The van der Waals surface area contributed by atoms with Gasteiger partial charge in [-0.25, -0.2) is 0 Å². The molecule has 4 N–H and O–H groups in total. The number of benzene rings is 1. The van der Waals surface area contributed by atoms with Crippen molar-refractivity contribution in [3.8, 4) is 0 Å². The number of carbonyl (C=O) groups is 2. The highest BCUT2D eigenvalue weighted by molar-refractivity contribution is 5.94. The summed E-state index contributed by atoms with van der Waals surface area (Å²) < 4.78 is 0. The maximum Gasteiger partial charge on any atom is 0.251 e. The Bertz CT molecular complexity index is 582. The number of hydrogen-bond donors (Lipinski definition) is 3. The molecule has 154 valence electrons. The minimum Gasteiger partial charge on any atom is -0.352 e. The molecule has 0 aromatic heterocycles. The van der Waals surface area contributed by atoms with Crippen LogP contribution in [0.2, 0.25) is 0 Å². The summed E-state index contributed by atoms with van der Waals surface area (Å²) in [7, 11) is 3.94. The summed E-state index contributed by atoms with van der Waals surface area (Å²) in [5, 5.41) is 5.87. The van der Waals surface area contributed by atoms with Crippen molar-refractivity contribution in [2.45, 2.75) is 38.3 Å². The van der Waals surface area contributed by atoms with Crippen LogP contribution in [0.5, 0.6) is 0 Å². The maximum atomic E-state index is 12.2. The molecule has 0 radical (unpaired) electrons. The highest BCUT2D eigenvalue weighted by Gasteiger charge is 2.24. The predicted octanol–water partition coefficient (Wildman–Crippen LogP) is 1.96. The van der Waals surface area contributed by atoms with E-state index in [9.17, 15) is 9.59 Å². The van der Waals surface area contributed by atoms with Gasteiger partial charge in [0.15, 0.2) is 0 Å². The fraction of sp³-hybridized carbons (Fsp3) is 0.579. The molecule has 2 atom stereocenters. The zero-order valence-electron chi connectivity index (χ0n) is 16.1. The fourth-order valence-corrected chi connectivity index (χ4v) is 3.07. The second kappa shape index (κ2) is 12.9. The predicted molar refractivity (Wildman–Crippen MR) is 114 cm³/mol. The Hall–Kier alpha value is -1.34. The Morgan fingerprint density at radius 1 is 1.11 bits per heavy atom. The summed E-state index contributed by atoms with van der Waals surface area (Å²) >= 11 is 0. The molecule has 8 heteroatoms. The van der Waals surface area contributed by atoms with Crippen LogP contribution in [0.1, 0.15) is 41.6 Å². The van der Waals surface area contributed by atoms with E-state index in [1.54, 1.807) is 12.1 Å². The monoisotopic (exact) mass is 418 g/mol. The summed E-state index contributed by atoms with van der Waals surface area (Å²) in [6.45, 7) is 1.90. The third-order valence-corrected chi connectivity index (χ3v) is 4.61. The minimum atomic E-state index is -0.0753. The first-order valence-electron chi connectivity index (χ1n) is 9.01. The number of carbonyl (C=O) groups excluding carboxylic acids is 2. The van der Waals surface area contributed by atoms with Gasteiger partial charge in [-0.15, -0.1) is 24.8 Å². The van der Waals surface area contributed by atoms with E-state index in [0.717, 1.165) is 37.8 Å². The largest absolute Gasteiger partial charge is 0.352 e. The number of likely N-dealkylation sites (N-methyl/N-ethyl adjacent to an activating group) is 1. The molecule has 1 fully saturated rings. The van der Waals surface area contributed by atoms with Crippen molar-refractivity contribution in [1.82, 2.24) is 15.5 Å². The number of nitrogens with two attached hydrogens (primary N) is 1. The van der Waals surface area contributed by atoms with Crippen LogP contribution in [0.25, 0.3) is 0 Å². The van der Waals surface area contributed by atoms with Crippen molar-refractivity contribution in [1.29, 1.82) is 0 Å². The van der Waals surface area contributed by atoms with Gasteiger partial charge in [0.2, 0.25) is 5.91 Å². The summed E-state index contributed by atoms with van der Waals surface area (Å²) in [6.07, 6.45) is 3.74. The lowest BCUT2D eigenvalue weighted by molar-refractivity contribution is -0.126. The number of rotatable bonds is 7. The molecule has 2 amide bonds. The first kappa shape index (κ1) is 25.7. The van der Waals surface area contributed by atoms with E-state index in [4.69, 9.17) is 5.73 Å². The topological polar surface area (TPSA) is 87.5 Å². The number of nitrogens with one attached hydrogen (secondary N) is 2. The standard InChI is InChI=1S/C19H30N4O2.2ClH/c1-23(2)11-10-21-18(24)15-8-6-14(7-9-15)13-22-19(25)16-4-3-5-17(20)12-16;;/h6-9,16-17H,3-5,10-13,20H2,1-2H3,(H,21,24)(H,22,25);2*1H. The number of nitrogens with zero attached hydrogens (tertiary/aromatic N) is 1. The van der Waals surface area contributed by atoms with Gasteiger partial charge in [0, 0.05) is 37.2 Å². The second-order valence-electron chi connectivity index (χ2n) is 7.10. The van der Waals surface area contributed by atoms with E-state index in [2.05, 4.69) is 10.6 Å². The molecule has 1 aromatic carbocycles. The molecule has 1 aliphatic rings. The molecule has 1 saturated carbocycles. The van der Waals surface area contributed by atoms with Crippen molar-refractivity contribution in [3.05, 3.63) is 35.4 Å². The summed E-state index contributed by atoms with van der Waals surface area (Å²) in [5.41, 5.74) is 7.56. The number of amides is 2. The molecule has 27 heavy (non-hydrogen) atoms. The van der Waals surface area contributed by atoms with Gasteiger partial charge in [-0.1, -0.05) is 18.6 Å². The van der Waals surface area contributed by atoms with Gasteiger partial charge >= 0.3 is 0 Å². The van der Waals surface area contributed by atoms with Crippen LogP contribution in [0, 0.1) is 5.92 Å². The van der Waals surface area contributed by atoms with Crippen molar-refractivity contribution in [2.24, 2.45) is 11.7 Å². The lowest BCUT2D eigenvalue weighted by Crippen LogP contribution is -2.37. The van der Waals surface area contributed by atoms with Crippen LogP contribution in [-0.2, 0) is 11.3 Å². The fourth-order valence-electron chi connectivity index (χ4n) is 3.07. The van der Waals surface area contributed by atoms with Crippen LogP contribution in [0.3, 0.4) is 0 Å². The average Bonchev–Trinajstić information content (AvgIpc) is 2.59. The highest BCUT2D eigenvalue weighted by atomic mass is 35.5. The van der Waals surface area contributed by atoms with E-state index in [1.165, 1.54) is 0 Å². The summed E-state index contributed by atoms with van der Waals surface area (Å²) in [5.74, 6) is 0.0415. The highest BCUT2D eigenvalue weighted by Crippen LogP contribution is 2.23. The van der Waals surface area contributed by atoms with Gasteiger partial charge in [-0.3, -0.25) is 9.59 Å². The molecule has 6 nitrogen and oxygen atoms in total. The molecule has 2 unspecified atom stereocenters. The second-order valence-corrected chi connectivity index (χ2v) is 7.10. The Morgan fingerprint density at radius 2 is 1.78 bits per heavy atom. The number of halogens is 2. The van der Waals surface area contributed by atoms with Gasteiger partial charge in [0.25, 0.3) is 5.91 Å². The molecule has 0 aliphatic heterocycles. The van der Waals surface area contributed by atoms with E-state index >= 15 is 0 Å². The zero-order chi connectivity index (χ0) is 18.2. The third kappa shape index (κ3) is 8.93. The van der Waals surface area contributed by atoms with Gasteiger partial charge in [0.1, 0.15) is 0 Å². The van der Waals surface area contributed by atoms with Gasteiger partial charge in [0.05, 0.1) is 0 Å². The molecule has 0 saturated heterocycles. The quantitative estimate of drug-likeness (QED) is 0.631. The first-order valence-corrected chi connectivity index (χ1v) is 9.01. The molecular weight excluding hydrogens is 387 g/mol. The van der Waals surface area contributed by atoms with Crippen LogP contribution in [-0.4, -0.2) is 49.9 Å². The molecule has 1 aliphatic carbocycles.